The van der Waals surface area contributed by atoms with Crippen molar-refractivity contribution >= 4 is 0 Å². The molecule has 0 heterocycles. The highest BCUT2D eigenvalue weighted by Crippen LogP contribution is 2.39. The van der Waals surface area contributed by atoms with Gasteiger partial charge in [-0.1, -0.05) is 19.3 Å². The summed E-state index contributed by atoms with van der Waals surface area (Å²) in [5.74, 6) is -0.800. The van der Waals surface area contributed by atoms with Crippen molar-refractivity contribution in [2.24, 2.45) is 17.6 Å². The lowest BCUT2D eigenvalue weighted by Gasteiger charge is -2.36. The molecule has 2 aliphatic carbocycles. The van der Waals surface area contributed by atoms with Crippen LogP contribution in [-0.2, 0) is 0 Å². The van der Waals surface area contributed by atoms with Gasteiger partial charge in [-0.3, -0.25) is 0 Å². The van der Waals surface area contributed by atoms with Crippen LogP contribution in [0.25, 0.3) is 0 Å². The van der Waals surface area contributed by atoms with Crippen LogP contribution in [0.3, 0.4) is 0 Å². The second-order valence-electron chi connectivity index (χ2n) is 5.74. The largest absolute Gasteiger partial charge is 0.393 e. The van der Waals surface area contributed by atoms with E-state index in [1.807, 2.05) is 0 Å². The van der Waals surface area contributed by atoms with Gasteiger partial charge in [0.2, 0.25) is 0 Å². The summed E-state index contributed by atoms with van der Waals surface area (Å²) in [6.07, 6.45) is 1.59. The van der Waals surface area contributed by atoms with Gasteiger partial charge >= 0.3 is 6.18 Å². The van der Waals surface area contributed by atoms with Crippen LogP contribution in [0.4, 0.5) is 13.2 Å². The van der Waals surface area contributed by atoms with E-state index in [4.69, 9.17) is 5.73 Å². The summed E-state index contributed by atoms with van der Waals surface area (Å²) in [6.45, 7) is 0.584. The van der Waals surface area contributed by atoms with Crippen LogP contribution in [0.2, 0.25) is 0 Å². The molecule has 0 aliphatic heterocycles. The summed E-state index contributed by atoms with van der Waals surface area (Å²) in [6, 6.07) is -0.196. The molecule has 2 rings (SSSR count). The molecule has 4 atom stereocenters. The summed E-state index contributed by atoms with van der Waals surface area (Å²) >= 11 is 0. The van der Waals surface area contributed by atoms with Crippen LogP contribution < -0.4 is 11.1 Å². The summed E-state index contributed by atoms with van der Waals surface area (Å²) < 4.78 is 38.9. The molecule has 2 nitrogen and oxygen atoms in total. The molecule has 106 valence electrons. The van der Waals surface area contributed by atoms with E-state index < -0.39 is 18.1 Å². The molecule has 0 amide bonds. The Morgan fingerprint density at radius 3 is 2.28 bits per heavy atom. The minimum atomic E-state index is -4.06. The van der Waals surface area contributed by atoms with Gasteiger partial charge in [0.15, 0.2) is 0 Å². The molecule has 0 aromatic heterocycles. The highest BCUT2D eigenvalue weighted by atomic mass is 19.4. The quantitative estimate of drug-likeness (QED) is 0.822. The molecule has 0 spiro atoms. The van der Waals surface area contributed by atoms with Gasteiger partial charge in [0.25, 0.3) is 0 Å². The van der Waals surface area contributed by atoms with Gasteiger partial charge in [-0.2, -0.15) is 13.2 Å². The number of alkyl halides is 3. The number of hydrogen-bond donors (Lipinski definition) is 2. The Kier molecular flexibility index (Phi) is 4.54. The molecular weight excluding hydrogens is 241 g/mol. The van der Waals surface area contributed by atoms with Gasteiger partial charge in [0.1, 0.15) is 0 Å². The van der Waals surface area contributed by atoms with Crippen LogP contribution in [0, 0.1) is 11.8 Å². The molecule has 18 heavy (non-hydrogen) atoms. The van der Waals surface area contributed by atoms with Crippen molar-refractivity contribution in [3.05, 3.63) is 0 Å². The second kappa shape index (κ2) is 5.78. The molecule has 5 heteroatoms. The molecule has 0 aromatic carbocycles. The molecule has 2 aliphatic rings. The second-order valence-corrected chi connectivity index (χ2v) is 5.74. The Labute approximate surface area is 106 Å². The van der Waals surface area contributed by atoms with E-state index in [-0.39, 0.29) is 12.5 Å². The predicted molar refractivity (Wildman–Crippen MR) is 65.1 cm³/mol. The highest BCUT2D eigenvalue weighted by Gasteiger charge is 2.46. The van der Waals surface area contributed by atoms with E-state index in [2.05, 4.69) is 5.32 Å². The summed E-state index contributed by atoms with van der Waals surface area (Å²) in [7, 11) is 0. The molecule has 0 bridgehead atoms. The number of nitrogens with one attached hydrogen (secondary N) is 1. The summed E-state index contributed by atoms with van der Waals surface area (Å²) in [4.78, 5) is 0. The molecule has 3 N–H and O–H groups in total. The SMILES string of the molecule is NCC1CCCC1NC1CCCCC1C(F)(F)F. The third kappa shape index (κ3) is 3.18. The minimum absolute atomic E-state index is 0.197. The summed E-state index contributed by atoms with van der Waals surface area (Å²) in [5, 5.41) is 3.28. The average Bonchev–Trinajstić information content (AvgIpc) is 2.75. The maximum absolute atomic E-state index is 13.0. The highest BCUT2D eigenvalue weighted by molar-refractivity contribution is 4.91. The van der Waals surface area contributed by atoms with Gasteiger partial charge in [0.05, 0.1) is 5.92 Å². The zero-order chi connectivity index (χ0) is 13.2. The Bertz CT molecular complexity index is 267. The molecule has 4 unspecified atom stereocenters. The number of rotatable bonds is 3. The van der Waals surface area contributed by atoms with Crippen LogP contribution in [-0.4, -0.2) is 24.8 Å². The monoisotopic (exact) mass is 264 g/mol. The van der Waals surface area contributed by atoms with Crippen molar-refractivity contribution in [3.8, 4) is 0 Å². The van der Waals surface area contributed by atoms with Crippen molar-refractivity contribution in [1.82, 2.24) is 5.32 Å². The first kappa shape index (κ1) is 14.1. The third-order valence-electron chi connectivity index (χ3n) is 4.58. The van der Waals surface area contributed by atoms with Crippen LogP contribution >= 0.6 is 0 Å². The molecule has 2 fully saturated rings. The molecule has 0 radical (unpaired) electrons. The lowest BCUT2D eigenvalue weighted by Crippen LogP contribution is -2.50. The van der Waals surface area contributed by atoms with Crippen molar-refractivity contribution in [3.63, 3.8) is 0 Å². The van der Waals surface area contributed by atoms with E-state index in [0.717, 1.165) is 25.7 Å². The Morgan fingerprint density at radius 1 is 0.944 bits per heavy atom. The Morgan fingerprint density at radius 2 is 1.61 bits per heavy atom. The first-order valence-electron chi connectivity index (χ1n) is 7.05. The lowest BCUT2D eigenvalue weighted by atomic mass is 9.83. The smallest absolute Gasteiger partial charge is 0.330 e. The topological polar surface area (TPSA) is 38.0 Å². The molecule has 0 saturated heterocycles. The minimum Gasteiger partial charge on any atom is -0.330 e. The van der Waals surface area contributed by atoms with Crippen LogP contribution in [0.15, 0.2) is 0 Å². The van der Waals surface area contributed by atoms with Crippen LogP contribution in [0.1, 0.15) is 44.9 Å². The zero-order valence-corrected chi connectivity index (χ0v) is 10.7. The van der Waals surface area contributed by atoms with Crippen molar-refractivity contribution in [2.75, 3.05) is 6.54 Å². The van der Waals surface area contributed by atoms with Gasteiger partial charge in [-0.05, 0) is 38.1 Å². The van der Waals surface area contributed by atoms with Crippen molar-refractivity contribution in [1.29, 1.82) is 0 Å². The Balaban J connectivity index is 1.97. The number of nitrogens with two attached hydrogens (primary N) is 1. The maximum Gasteiger partial charge on any atom is 0.393 e. The number of hydrogen-bond acceptors (Lipinski definition) is 2. The zero-order valence-electron chi connectivity index (χ0n) is 10.7. The fraction of sp³-hybridized carbons (Fsp3) is 1.00. The van der Waals surface area contributed by atoms with E-state index in [9.17, 15) is 13.2 Å². The van der Waals surface area contributed by atoms with Crippen LogP contribution in [0.5, 0.6) is 0 Å². The van der Waals surface area contributed by atoms with Crippen molar-refractivity contribution in [2.45, 2.75) is 63.2 Å². The maximum atomic E-state index is 13.0. The normalized spacial score (nSPS) is 38.0. The Hall–Kier alpha value is -0.290. The van der Waals surface area contributed by atoms with Gasteiger partial charge in [0, 0.05) is 12.1 Å². The molecule has 2 saturated carbocycles. The van der Waals surface area contributed by atoms with Gasteiger partial charge in [-0.15, -0.1) is 0 Å². The molecular formula is C13H23F3N2. The summed E-state index contributed by atoms with van der Waals surface area (Å²) in [5.41, 5.74) is 5.69. The predicted octanol–water partition coefficient (Wildman–Crippen LogP) is 2.82. The lowest BCUT2D eigenvalue weighted by molar-refractivity contribution is -0.189. The standard InChI is InChI=1S/C13H23F3N2/c14-13(15,16)10-5-1-2-6-12(10)18-11-7-3-4-9(11)8-17/h9-12,18H,1-8,17H2. The average molecular weight is 264 g/mol. The van der Waals surface area contributed by atoms with E-state index in [1.54, 1.807) is 0 Å². The first-order valence-corrected chi connectivity index (χ1v) is 7.05. The molecule has 0 aromatic rings. The fourth-order valence-electron chi connectivity index (χ4n) is 3.54. The number of halogens is 3. The van der Waals surface area contributed by atoms with E-state index in [1.165, 1.54) is 0 Å². The van der Waals surface area contributed by atoms with E-state index >= 15 is 0 Å². The van der Waals surface area contributed by atoms with Gasteiger partial charge < -0.3 is 11.1 Å². The van der Waals surface area contributed by atoms with E-state index in [0.29, 0.717) is 25.3 Å². The fourth-order valence-corrected chi connectivity index (χ4v) is 3.54. The van der Waals surface area contributed by atoms with Gasteiger partial charge in [-0.25, -0.2) is 0 Å². The third-order valence-corrected chi connectivity index (χ3v) is 4.58. The van der Waals surface area contributed by atoms with Crippen molar-refractivity contribution < 1.29 is 13.2 Å². The first-order chi connectivity index (χ1) is 8.52.